The van der Waals surface area contributed by atoms with Crippen molar-refractivity contribution in [3.8, 4) is 0 Å². The molecule has 1 aliphatic rings. The summed E-state index contributed by atoms with van der Waals surface area (Å²) < 4.78 is 17.2. The van der Waals surface area contributed by atoms with Gasteiger partial charge in [-0.25, -0.2) is 9.40 Å². The zero-order chi connectivity index (χ0) is 22.5. The highest BCUT2D eigenvalue weighted by Gasteiger charge is 2.32. The molecule has 0 amide bonds. The van der Waals surface area contributed by atoms with E-state index < -0.39 is 0 Å². The highest BCUT2D eigenvalue weighted by molar-refractivity contribution is 7.98. The maximum atomic E-state index is 14.0. The van der Waals surface area contributed by atoms with Gasteiger partial charge < -0.3 is 4.84 Å². The van der Waals surface area contributed by atoms with E-state index in [-0.39, 0.29) is 11.7 Å². The van der Waals surface area contributed by atoms with Crippen molar-refractivity contribution in [2.45, 2.75) is 10.8 Å². The number of rotatable bonds is 5. The van der Waals surface area contributed by atoms with Crippen molar-refractivity contribution in [1.29, 1.82) is 0 Å². The predicted octanol–water partition coefficient (Wildman–Crippen LogP) is 6.15. The fourth-order valence-corrected chi connectivity index (χ4v) is 4.19. The third kappa shape index (κ3) is 5.35. The standard InChI is InChI=1S/C23H19Cl2FN4OS/c1-31-28-23(29-32-20-11-9-18(25)10-12-20)30-14-21(16-3-2-4-19(26)13-16)22(27-30)15-5-7-17(24)8-6-15/h2-13,21H,14H2,1H3,(H,28,29). The van der Waals surface area contributed by atoms with E-state index >= 15 is 0 Å². The number of hydrogen-bond donors (Lipinski definition) is 1. The lowest BCUT2D eigenvalue weighted by molar-refractivity contribution is 0.204. The summed E-state index contributed by atoms with van der Waals surface area (Å²) in [6, 6.07) is 21.4. The number of nitrogens with one attached hydrogen (secondary N) is 1. The van der Waals surface area contributed by atoms with Gasteiger partial charge in [0, 0.05) is 20.9 Å². The molecular formula is C23H19Cl2FN4OS. The van der Waals surface area contributed by atoms with Crippen LogP contribution in [0.4, 0.5) is 4.39 Å². The predicted molar refractivity (Wildman–Crippen MR) is 129 cm³/mol. The van der Waals surface area contributed by atoms with Crippen LogP contribution in [0, 0.1) is 5.82 Å². The molecule has 9 heteroatoms. The van der Waals surface area contributed by atoms with Crippen molar-refractivity contribution < 1.29 is 9.23 Å². The maximum absolute atomic E-state index is 14.0. The minimum Gasteiger partial charge on any atom is -0.396 e. The Kier molecular flexibility index (Phi) is 7.19. The van der Waals surface area contributed by atoms with Crippen molar-refractivity contribution in [3.63, 3.8) is 0 Å². The maximum Gasteiger partial charge on any atom is 0.266 e. The second-order valence-corrected chi connectivity index (χ2v) is 8.69. The monoisotopic (exact) mass is 488 g/mol. The molecule has 0 aliphatic carbocycles. The fourth-order valence-electron chi connectivity index (χ4n) is 3.31. The summed E-state index contributed by atoms with van der Waals surface area (Å²) in [4.78, 5) is 5.99. The highest BCUT2D eigenvalue weighted by Crippen LogP contribution is 2.30. The first-order chi connectivity index (χ1) is 15.5. The van der Waals surface area contributed by atoms with Crippen molar-refractivity contribution in [2.75, 3.05) is 13.7 Å². The second-order valence-electron chi connectivity index (χ2n) is 6.94. The van der Waals surface area contributed by atoms with Gasteiger partial charge in [0.2, 0.25) is 0 Å². The molecule has 0 spiro atoms. The molecule has 3 aromatic carbocycles. The molecule has 1 atom stereocenters. The summed E-state index contributed by atoms with van der Waals surface area (Å²) in [6.45, 7) is 0.456. The molecule has 1 heterocycles. The van der Waals surface area contributed by atoms with Crippen molar-refractivity contribution >= 4 is 46.8 Å². The molecule has 4 rings (SSSR count). The van der Waals surface area contributed by atoms with Crippen LogP contribution in [-0.4, -0.2) is 30.3 Å². The molecule has 0 aromatic heterocycles. The fraction of sp³-hybridized carbons (Fsp3) is 0.130. The topological polar surface area (TPSA) is 49.2 Å². The Hall–Kier alpha value is -2.74. The van der Waals surface area contributed by atoms with E-state index in [1.165, 1.54) is 31.2 Å². The average molecular weight is 489 g/mol. The first-order valence-electron chi connectivity index (χ1n) is 9.70. The highest BCUT2D eigenvalue weighted by atomic mass is 35.5. The second kappa shape index (κ2) is 10.3. The normalized spacial score (nSPS) is 16.1. The van der Waals surface area contributed by atoms with Gasteiger partial charge in [0.15, 0.2) is 0 Å². The zero-order valence-electron chi connectivity index (χ0n) is 17.0. The first-order valence-corrected chi connectivity index (χ1v) is 11.3. The Bertz CT molecular complexity index is 1140. The van der Waals surface area contributed by atoms with E-state index in [2.05, 4.69) is 9.88 Å². The summed E-state index contributed by atoms with van der Waals surface area (Å²) >= 11 is 13.4. The Labute approximate surface area is 200 Å². The summed E-state index contributed by atoms with van der Waals surface area (Å²) in [7, 11) is 1.47. The van der Waals surface area contributed by atoms with Gasteiger partial charge in [-0.1, -0.05) is 47.5 Å². The number of hydrazone groups is 1. The molecule has 0 saturated carbocycles. The molecular weight excluding hydrogens is 470 g/mol. The molecule has 0 radical (unpaired) electrons. The van der Waals surface area contributed by atoms with Crippen LogP contribution < -0.4 is 4.72 Å². The summed E-state index contributed by atoms with van der Waals surface area (Å²) in [5, 5.41) is 11.9. The van der Waals surface area contributed by atoms with Gasteiger partial charge in [-0.05, 0) is 76.8 Å². The van der Waals surface area contributed by atoms with Crippen LogP contribution in [0.2, 0.25) is 10.0 Å². The molecule has 32 heavy (non-hydrogen) atoms. The van der Waals surface area contributed by atoms with E-state index in [1.807, 2.05) is 54.6 Å². The van der Waals surface area contributed by atoms with Crippen LogP contribution in [0.25, 0.3) is 0 Å². The minimum absolute atomic E-state index is 0.170. The van der Waals surface area contributed by atoms with Gasteiger partial charge in [-0.15, -0.1) is 0 Å². The van der Waals surface area contributed by atoms with Gasteiger partial charge in [0.25, 0.3) is 5.96 Å². The van der Waals surface area contributed by atoms with Crippen LogP contribution >= 0.6 is 35.1 Å². The summed E-state index contributed by atoms with van der Waals surface area (Å²) in [5.41, 5.74) is 2.51. The van der Waals surface area contributed by atoms with Crippen LogP contribution in [0.1, 0.15) is 17.0 Å². The lowest BCUT2D eigenvalue weighted by Gasteiger charge is -2.18. The number of hydrogen-bond acceptors (Lipinski definition) is 4. The Morgan fingerprint density at radius 1 is 1.09 bits per heavy atom. The van der Waals surface area contributed by atoms with E-state index in [1.54, 1.807) is 11.1 Å². The van der Waals surface area contributed by atoms with Gasteiger partial charge in [-0.3, -0.25) is 4.72 Å². The minimum atomic E-state index is -0.293. The quantitative estimate of drug-likeness (QED) is 0.202. The van der Waals surface area contributed by atoms with E-state index in [4.69, 9.17) is 33.1 Å². The van der Waals surface area contributed by atoms with Crippen LogP contribution in [0.15, 0.2) is 87.9 Å². The third-order valence-corrected chi connectivity index (χ3v) is 6.10. The molecule has 1 unspecified atom stereocenters. The Morgan fingerprint density at radius 3 is 2.44 bits per heavy atom. The number of oxime groups is 1. The average Bonchev–Trinajstić information content (AvgIpc) is 3.23. The van der Waals surface area contributed by atoms with Crippen molar-refractivity contribution in [1.82, 2.24) is 9.73 Å². The van der Waals surface area contributed by atoms with E-state index in [0.717, 1.165) is 21.7 Å². The van der Waals surface area contributed by atoms with Gasteiger partial charge in [-0.2, -0.15) is 5.10 Å². The lowest BCUT2D eigenvalue weighted by Crippen LogP contribution is -2.34. The largest absolute Gasteiger partial charge is 0.396 e. The van der Waals surface area contributed by atoms with Gasteiger partial charge in [0.05, 0.1) is 12.3 Å². The molecule has 0 bridgehead atoms. The molecule has 1 aliphatic heterocycles. The number of guanidine groups is 1. The summed E-state index contributed by atoms with van der Waals surface area (Å²) in [6.07, 6.45) is 0. The Balaban J connectivity index is 1.63. The van der Waals surface area contributed by atoms with Crippen LogP contribution in [0.5, 0.6) is 0 Å². The van der Waals surface area contributed by atoms with E-state index in [0.29, 0.717) is 22.5 Å². The molecule has 164 valence electrons. The first kappa shape index (κ1) is 22.5. The molecule has 3 aromatic rings. The molecule has 0 saturated heterocycles. The number of nitrogens with zero attached hydrogens (tertiary/aromatic N) is 3. The third-order valence-electron chi connectivity index (χ3n) is 4.80. The lowest BCUT2D eigenvalue weighted by atomic mass is 9.90. The number of halogens is 3. The van der Waals surface area contributed by atoms with Crippen molar-refractivity contribution in [2.24, 2.45) is 10.3 Å². The van der Waals surface area contributed by atoms with Gasteiger partial charge >= 0.3 is 0 Å². The van der Waals surface area contributed by atoms with Gasteiger partial charge in [0.1, 0.15) is 12.9 Å². The van der Waals surface area contributed by atoms with E-state index in [9.17, 15) is 4.39 Å². The number of benzene rings is 3. The SMILES string of the molecule is CO/N=C(/NSc1ccc(Cl)cc1)N1CC(c2cccc(F)c2)C(c2ccc(Cl)cc2)=N1. The zero-order valence-corrected chi connectivity index (χ0v) is 19.3. The van der Waals surface area contributed by atoms with Crippen molar-refractivity contribution in [3.05, 3.63) is 99.8 Å². The molecule has 0 fully saturated rings. The Morgan fingerprint density at radius 2 is 1.78 bits per heavy atom. The summed E-state index contributed by atoms with van der Waals surface area (Å²) in [5.74, 6) is -0.0484. The molecule has 5 nitrogen and oxygen atoms in total. The van der Waals surface area contributed by atoms with Crippen LogP contribution in [-0.2, 0) is 4.84 Å². The molecule has 1 N–H and O–H groups in total. The van der Waals surface area contributed by atoms with Crippen LogP contribution in [0.3, 0.4) is 0 Å². The smallest absolute Gasteiger partial charge is 0.266 e.